The molecular weight excluding hydrogens is 228 g/mol. The molecule has 0 saturated carbocycles. The number of halogens is 2. The van der Waals surface area contributed by atoms with Gasteiger partial charge in [-0.05, 0) is 18.6 Å². The van der Waals surface area contributed by atoms with E-state index in [2.05, 4.69) is 5.32 Å². The van der Waals surface area contributed by atoms with Crippen LogP contribution in [0.15, 0.2) is 12.1 Å². The average molecular weight is 241 g/mol. The number of morpholine rings is 1. The van der Waals surface area contributed by atoms with Gasteiger partial charge in [0.1, 0.15) is 11.6 Å². The maximum atomic E-state index is 13.7. The number of aryl methyl sites for hydroxylation is 1. The first-order valence-electron chi connectivity index (χ1n) is 5.41. The molecule has 0 aromatic heterocycles. The van der Waals surface area contributed by atoms with Crippen LogP contribution in [0.2, 0.25) is 0 Å². The Labute approximate surface area is 97.8 Å². The van der Waals surface area contributed by atoms with E-state index >= 15 is 0 Å². The smallest absolute Gasteiger partial charge is 0.188 e. The predicted molar refractivity (Wildman–Crippen MR) is 58.0 cm³/mol. The molecule has 0 radical (unpaired) electrons. The summed E-state index contributed by atoms with van der Waals surface area (Å²) in [6.45, 7) is 2.65. The minimum Gasteiger partial charge on any atom is -0.378 e. The predicted octanol–water partition coefficient (Wildman–Crippen LogP) is 1.44. The molecule has 1 aliphatic heterocycles. The van der Waals surface area contributed by atoms with Gasteiger partial charge >= 0.3 is 0 Å². The normalized spacial score (nSPS) is 20.3. The Bertz CT molecular complexity index is 442. The van der Waals surface area contributed by atoms with Crippen LogP contribution < -0.4 is 5.32 Å². The SMILES string of the molecule is Cc1ccc(F)c(C(=O)C2COCCN2)c1F. The Kier molecular flexibility index (Phi) is 3.49. The van der Waals surface area contributed by atoms with Crippen LogP contribution in [0.25, 0.3) is 0 Å². The number of carbonyl (C=O) groups excluding carboxylic acids is 1. The van der Waals surface area contributed by atoms with Crippen LogP contribution in [0.4, 0.5) is 8.78 Å². The molecule has 0 amide bonds. The van der Waals surface area contributed by atoms with E-state index in [1.807, 2.05) is 0 Å². The summed E-state index contributed by atoms with van der Waals surface area (Å²) in [6, 6.07) is 1.75. The van der Waals surface area contributed by atoms with Crippen molar-refractivity contribution in [2.24, 2.45) is 0 Å². The topological polar surface area (TPSA) is 38.3 Å². The average Bonchev–Trinajstić information content (AvgIpc) is 2.35. The number of Topliss-reactive ketones (excluding diaryl/α,β-unsaturated/α-hetero) is 1. The molecule has 92 valence electrons. The van der Waals surface area contributed by atoms with Gasteiger partial charge in [-0.25, -0.2) is 8.78 Å². The minimum atomic E-state index is -0.828. The Morgan fingerprint density at radius 2 is 2.24 bits per heavy atom. The molecule has 1 unspecified atom stereocenters. The van der Waals surface area contributed by atoms with Crippen molar-refractivity contribution < 1.29 is 18.3 Å². The van der Waals surface area contributed by atoms with Gasteiger partial charge in [0.05, 0.1) is 24.8 Å². The third-order valence-corrected chi connectivity index (χ3v) is 2.77. The second kappa shape index (κ2) is 4.89. The summed E-state index contributed by atoms with van der Waals surface area (Å²) in [6.07, 6.45) is 0. The molecule has 1 N–H and O–H groups in total. The van der Waals surface area contributed by atoms with Gasteiger partial charge < -0.3 is 10.1 Å². The maximum absolute atomic E-state index is 13.7. The quantitative estimate of drug-likeness (QED) is 0.796. The summed E-state index contributed by atoms with van der Waals surface area (Å²) in [4.78, 5) is 12.0. The van der Waals surface area contributed by atoms with E-state index in [4.69, 9.17) is 4.74 Å². The fraction of sp³-hybridized carbons (Fsp3) is 0.417. The summed E-state index contributed by atoms with van der Waals surface area (Å²) in [5, 5.41) is 2.88. The van der Waals surface area contributed by atoms with Crippen LogP contribution in [-0.4, -0.2) is 31.6 Å². The number of hydrogen-bond acceptors (Lipinski definition) is 3. The first-order valence-corrected chi connectivity index (χ1v) is 5.41. The van der Waals surface area contributed by atoms with Crippen molar-refractivity contribution in [3.05, 3.63) is 34.9 Å². The number of rotatable bonds is 2. The Morgan fingerprint density at radius 3 is 2.88 bits per heavy atom. The van der Waals surface area contributed by atoms with Crippen LogP contribution in [-0.2, 0) is 4.74 Å². The van der Waals surface area contributed by atoms with Crippen molar-refractivity contribution in [1.82, 2.24) is 5.32 Å². The number of ketones is 1. The standard InChI is InChI=1S/C12H13F2NO2/c1-7-2-3-8(13)10(11(7)14)12(16)9-6-17-5-4-15-9/h2-3,9,15H,4-6H2,1H3. The molecule has 1 aliphatic rings. The summed E-state index contributed by atoms with van der Waals surface area (Å²) < 4.78 is 32.4. The zero-order valence-corrected chi connectivity index (χ0v) is 9.43. The second-order valence-electron chi connectivity index (χ2n) is 4.00. The lowest BCUT2D eigenvalue weighted by molar-refractivity contribution is 0.0601. The fourth-order valence-electron chi connectivity index (χ4n) is 1.79. The van der Waals surface area contributed by atoms with Gasteiger partial charge in [0, 0.05) is 6.54 Å². The molecule has 17 heavy (non-hydrogen) atoms. The Balaban J connectivity index is 2.32. The van der Waals surface area contributed by atoms with E-state index in [1.165, 1.54) is 13.0 Å². The van der Waals surface area contributed by atoms with E-state index in [0.717, 1.165) is 6.07 Å². The first-order chi connectivity index (χ1) is 8.11. The van der Waals surface area contributed by atoms with Crippen molar-refractivity contribution in [1.29, 1.82) is 0 Å². The molecule has 0 aliphatic carbocycles. The lowest BCUT2D eigenvalue weighted by atomic mass is 10.0. The molecule has 5 heteroatoms. The highest BCUT2D eigenvalue weighted by Crippen LogP contribution is 2.18. The van der Waals surface area contributed by atoms with Gasteiger partial charge in [-0.15, -0.1) is 0 Å². The molecule has 1 saturated heterocycles. The third kappa shape index (κ3) is 2.35. The fourth-order valence-corrected chi connectivity index (χ4v) is 1.79. The van der Waals surface area contributed by atoms with Gasteiger partial charge in [0.2, 0.25) is 0 Å². The highest BCUT2D eigenvalue weighted by molar-refractivity contribution is 6.01. The van der Waals surface area contributed by atoms with Crippen molar-refractivity contribution in [3.63, 3.8) is 0 Å². The van der Waals surface area contributed by atoms with Crippen LogP contribution in [0.5, 0.6) is 0 Å². The molecule has 1 aromatic rings. The number of nitrogens with one attached hydrogen (secondary N) is 1. The van der Waals surface area contributed by atoms with E-state index in [-0.39, 0.29) is 12.2 Å². The van der Waals surface area contributed by atoms with Crippen molar-refractivity contribution >= 4 is 5.78 Å². The largest absolute Gasteiger partial charge is 0.378 e. The third-order valence-electron chi connectivity index (χ3n) is 2.77. The lowest BCUT2D eigenvalue weighted by Gasteiger charge is -2.23. The molecule has 1 heterocycles. The van der Waals surface area contributed by atoms with Gasteiger partial charge in [0.25, 0.3) is 0 Å². The Hall–Kier alpha value is -1.33. The zero-order valence-electron chi connectivity index (χ0n) is 9.43. The van der Waals surface area contributed by atoms with Gasteiger partial charge in [-0.1, -0.05) is 6.07 Å². The molecule has 1 aromatic carbocycles. The first kappa shape index (κ1) is 12.1. The zero-order chi connectivity index (χ0) is 12.4. The molecular formula is C12H13F2NO2. The summed E-state index contributed by atoms with van der Waals surface area (Å²) >= 11 is 0. The van der Waals surface area contributed by atoms with Crippen LogP contribution in [0, 0.1) is 18.6 Å². The summed E-state index contributed by atoms with van der Waals surface area (Å²) in [5.41, 5.74) is -0.223. The van der Waals surface area contributed by atoms with Crippen LogP contribution in [0.1, 0.15) is 15.9 Å². The number of hydrogen-bond donors (Lipinski definition) is 1. The monoisotopic (exact) mass is 241 g/mol. The van der Waals surface area contributed by atoms with E-state index in [0.29, 0.717) is 13.2 Å². The van der Waals surface area contributed by atoms with Crippen LogP contribution >= 0.6 is 0 Å². The molecule has 0 spiro atoms. The van der Waals surface area contributed by atoms with Crippen molar-refractivity contribution in [3.8, 4) is 0 Å². The maximum Gasteiger partial charge on any atom is 0.188 e. The Morgan fingerprint density at radius 1 is 1.47 bits per heavy atom. The number of carbonyl (C=O) groups is 1. The van der Waals surface area contributed by atoms with Crippen LogP contribution in [0.3, 0.4) is 0 Å². The van der Waals surface area contributed by atoms with Crippen molar-refractivity contribution in [2.45, 2.75) is 13.0 Å². The summed E-state index contributed by atoms with van der Waals surface area (Å²) in [5.74, 6) is -2.21. The van der Waals surface area contributed by atoms with E-state index < -0.39 is 29.0 Å². The second-order valence-corrected chi connectivity index (χ2v) is 4.00. The van der Waals surface area contributed by atoms with E-state index in [9.17, 15) is 13.6 Å². The molecule has 3 nitrogen and oxygen atoms in total. The van der Waals surface area contributed by atoms with E-state index in [1.54, 1.807) is 0 Å². The van der Waals surface area contributed by atoms with Gasteiger partial charge in [-0.2, -0.15) is 0 Å². The highest BCUT2D eigenvalue weighted by Gasteiger charge is 2.28. The summed E-state index contributed by atoms with van der Waals surface area (Å²) in [7, 11) is 0. The molecule has 0 bridgehead atoms. The molecule has 2 rings (SSSR count). The van der Waals surface area contributed by atoms with Gasteiger partial charge in [0.15, 0.2) is 5.78 Å². The number of ether oxygens (including phenoxy) is 1. The number of benzene rings is 1. The molecule has 1 fully saturated rings. The lowest BCUT2D eigenvalue weighted by Crippen LogP contribution is -2.47. The molecule has 1 atom stereocenters. The minimum absolute atomic E-state index is 0.144. The van der Waals surface area contributed by atoms with Crippen molar-refractivity contribution in [2.75, 3.05) is 19.8 Å². The highest BCUT2D eigenvalue weighted by atomic mass is 19.1. The van der Waals surface area contributed by atoms with Gasteiger partial charge in [-0.3, -0.25) is 4.79 Å².